The van der Waals surface area contributed by atoms with Crippen LogP contribution in [0.5, 0.6) is 5.75 Å². The summed E-state index contributed by atoms with van der Waals surface area (Å²) in [6.45, 7) is 2.71. The topological polar surface area (TPSA) is 38.3 Å². The first-order valence-electron chi connectivity index (χ1n) is 9.31. The monoisotopic (exact) mass is 415 g/mol. The molecule has 1 N–H and O–H groups in total. The fourth-order valence-corrected chi connectivity index (χ4v) is 3.95. The Labute approximate surface area is 164 Å². The summed E-state index contributed by atoms with van der Waals surface area (Å²) in [5.41, 5.74) is 2.74. The third-order valence-corrected chi connectivity index (χ3v) is 5.49. The number of alkyl halides is 1. The van der Waals surface area contributed by atoms with Crippen LogP contribution < -0.4 is 10.1 Å². The summed E-state index contributed by atoms with van der Waals surface area (Å²) in [4.78, 5) is 13.3. The molecule has 0 aromatic heterocycles. The summed E-state index contributed by atoms with van der Waals surface area (Å²) >= 11 is 3.35. The molecule has 3 rings (SSSR count). The van der Waals surface area contributed by atoms with E-state index >= 15 is 0 Å². The first-order valence-corrected chi connectivity index (χ1v) is 10.4. The number of hydrogen-bond donors (Lipinski definition) is 1. The molecule has 2 aromatic carbocycles. The van der Waals surface area contributed by atoms with Gasteiger partial charge in [-0.05, 0) is 49.6 Å². The van der Waals surface area contributed by atoms with Gasteiger partial charge in [0.25, 0.3) is 0 Å². The molecule has 1 aliphatic rings. The van der Waals surface area contributed by atoms with Crippen molar-refractivity contribution >= 4 is 27.5 Å². The smallest absolute Gasteiger partial charge is 0.235 e. The molecule has 1 amide bonds. The lowest BCUT2D eigenvalue weighted by molar-refractivity contribution is -0.122. The fraction of sp³-hybridized carbons (Fsp3) is 0.409. The standard InChI is InChI=1S/C22H26BrNO2/c1-17-6-5-7-18(16-17)22(12-3-2-4-13-22)21(25)24-19-8-10-20(11-9-19)26-15-14-23/h5-11,16H,2-4,12-15H2,1H3,(H,24,25). The first-order chi connectivity index (χ1) is 12.6. The van der Waals surface area contributed by atoms with E-state index in [0.29, 0.717) is 6.61 Å². The highest BCUT2D eigenvalue weighted by atomic mass is 79.9. The summed E-state index contributed by atoms with van der Waals surface area (Å²) < 4.78 is 5.57. The van der Waals surface area contributed by atoms with Crippen molar-refractivity contribution in [3.63, 3.8) is 0 Å². The molecule has 0 saturated heterocycles. The quantitative estimate of drug-likeness (QED) is 0.622. The van der Waals surface area contributed by atoms with Crippen molar-refractivity contribution in [2.45, 2.75) is 44.4 Å². The van der Waals surface area contributed by atoms with Crippen LogP contribution in [0.3, 0.4) is 0 Å². The minimum atomic E-state index is -0.421. The molecule has 0 aliphatic heterocycles. The van der Waals surface area contributed by atoms with Crippen molar-refractivity contribution < 1.29 is 9.53 Å². The average molecular weight is 416 g/mol. The highest BCUT2D eigenvalue weighted by Crippen LogP contribution is 2.40. The van der Waals surface area contributed by atoms with Gasteiger partial charge < -0.3 is 10.1 Å². The van der Waals surface area contributed by atoms with Gasteiger partial charge in [0.2, 0.25) is 5.91 Å². The van der Waals surface area contributed by atoms with Gasteiger partial charge >= 0.3 is 0 Å². The maximum atomic E-state index is 13.3. The zero-order valence-corrected chi connectivity index (χ0v) is 16.8. The summed E-state index contributed by atoms with van der Waals surface area (Å²) in [5, 5.41) is 3.95. The molecule has 1 saturated carbocycles. The maximum Gasteiger partial charge on any atom is 0.235 e. The Kier molecular flexibility index (Phi) is 6.36. The van der Waals surface area contributed by atoms with Crippen LogP contribution in [-0.4, -0.2) is 17.8 Å². The Balaban J connectivity index is 1.80. The van der Waals surface area contributed by atoms with Crippen LogP contribution in [0.2, 0.25) is 0 Å². The van der Waals surface area contributed by atoms with Crippen molar-refractivity contribution in [1.29, 1.82) is 0 Å². The fourth-order valence-electron chi connectivity index (χ4n) is 3.79. The van der Waals surface area contributed by atoms with Gasteiger partial charge in [-0.1, -0.05) is 65.0 Å². The van der Waals surface area contributed by atoms with Crippen LogP contribution in [0.1, 0.15) is 43.2 Å². The van der Waals surface area contributed by atoms with Crippen LogP contribution in [0.4, 0.5) is 5.69 Å². The second-order valence-corrected chi connectivity index (χ2v) is 7.82. The zero-order chi connectivity index (χ0) is 18.4. The van der Waals surface area contributed by atoms with Gasteiger partial charge in [-0.3, -0.25) is 4.79 Å². The Hall–Kier alpha value is -1.81. The van der Waals surface area contributed by atoms with E-state index in [2.05, 4.69) is 52.4 Å². The highest BCUT2D eigenvalue weighted by Gasteiger charge is 2.41. The molecule has 0 unspecified atom stereocenters. The predicted molar refractivity (Wildman–Crippen MR) is 110 cm³/mol. The predicted octanol–water partition coefficient (Wildman–Crippen LogP) is 5.61. The summed E-state index contributed by atoms with van der Waals surface area (Å²) in [7, 11) is 0. The number of amides is 1. The molecule has 2 aromatic rings. The van der Waals surface area contributed by atoms with Gasteiger partial charge in [0.1, 0.15) is 5.75 Å². The summed E-state index contributed by atoms with van der Waals surface area (Å²) in [6, 6.07) is 16.0. The number of carbonyl (C=O) groups is 1. The largest absolute Gasteiger partial charge is 0.493 e. The van der Waals surface area contributed by atoms with Gasteiger partial charge in [-0.15, -0.1) is 0 Å². The van der Waals surface area contributed by atoms with Crippen LogP contribution in [0.15, 0.2) is 48.5 Å². The van der Waals surface area contributed by atoms with Gasteiger partial charge in [0.15, 0.2) is 0 Å². The van der Waals surface area contributed by atoms with Crippen molar-refractivity contribution in [2.75, 3.05) is 17.3 Å². The molecule has 0 radical (unpaired) electrons. The number of aryl methyl sites for hydroxylation is 1. The molecule has 138 valence electrons. The SMILES string of the molecule is Cc1cccc(C2(C(=O)Nc3ccc(OCCBr)cc3)CCCCC2)c1. The number of nitrogens with one attached hydrogen (secondary N) is 1. The van der Waals surface area contributed by atoms with E-state index in [9.17, 15) is 4.79 Å². The number of rotatable bonds is 6. The normalized spacial score (nSPS) is 16.1. The van der Waals surface area contributed by atoms with Crippen molar-refractivity contribution in [3.05, 3.63) is 59.7 Å². The van der Waals surface area contributed by atoms with E-state index in [1.807, 2.05) is 24.3 Å². The van der Waals surface area contributed by atoms with E-state index in [1.165, 1.54) is 12.0 Å². The number of carbonyl (C=O) groups excluding carboxylic acids is 1. The molecule has 4 heteroatoms. The lowest BCUT2D eigenvalue weighted by Gasteiger charge is -2.36. The number of ether oxygens (including phenoxy) is 1. The second kappa shape index (κ2) is 8.72. The Morgan fingerprint density at radius 1 is 1.12 bits per heavy atom. The average Bonchev–Trinajstić information content (AvgIpc) is 2.68. The zero-order valence-electron chi connectivity index (χ0n) is 15.3. The lowest BCUT2D eigenvalue weighted by Crippen LogP contribution is -2.42. The van der Waals surface area contributed by atoms with Crippen molar-refractivity contribution in [2.24, 2.45) is 0 Å². The van der Waals surface area contributed by atoms with Crippen molar-refractivity contribution in [3.8, 4) is 5.75 Å². The van der Waals surface area contributed by atoms with E-state index in [1.54, 1.807) is 0 Å². The molecule has 1 aliphatic carbocycles. The molecular weight excluding hydrogens is 390 g/mol. The van der Waals surface area contributed by atoms with E-state index in [4.69, 9.17) is 4.74 Å². The molecule has 0 spiro atoms. The van der Waals surface area contributed by atoms with Crippen LogP contribution in [-0.2, 0) is 10.2 Å². The van der Waals surface area contributed by atoms with Gasteiger partial charge in [0, 0.05) is 11.0 Å². The lowest BCUT2D eigenvalue weighted by atomic mass is 9.68. The van der Waals surface area contributed by atoms with E-state index < -0.39 is 5.41 Å². The molecule has 26 heavy (non-hydrogen) atoms. The summed E-state index contributed by atoms with van der Waals surface area (Å²) in [6.07, 6.45) is 5.23. The molecule has 3 nitrogen and oxygen atoms in total. The van der Waals surface area contributed by atoms with Crippen LogP contribution in [0.25, 0.3) is 0 Å². The van der Waals surface area contributed by atoms with Crippen molar-refractivity contribution in [1.82, 2.24) is 0 Å². The minimum Gasteiger partial charge on any atom is -0.493 e. The van der Waals surface area contributed by atoms with Gasteiger partial charge in [0.05, 0.1) is 12.0 Å². The Morgan fingerprint density at radius 2 is 1.85 bits per heavy atom. The number of halogens is 1. The molecular formula is C22H26BrNO2. The molecule has 1 fully saturated rings. The Morgan fingerprint density at radius 3 is 2.50 bits per heavy atom. The van der Waals surface area contributed by atoms with Crippen LogP contribution >= 0.6 is 15.9 Å². The first kappa shape index (κ1) is 19.0. The molecule has 0 bridgehead atoms. The third kappa shape index (κ3) is 4.29. The second-order valence-electron chi connectivity index (χ2n) is 7.03. The van der Waals surface area contributed by atoms with E-state index in [-0.39, 0.29) is 5.91 Å². The number of benzene rings is 2. The highest BCUT2D eigenvalue weighted by molar-refractivity contribution is 9.09. The van der Waals surface area contributed by atoms with E-state index in [0.717, 1.165) is 48.0 Å². The molecule has 0 heterocycles. The van der Waals surface area contributed by atoms with Crippen LogP contribution in [0, 0.1) is 6.92 Å². The Bertz CT molecular complexity index is 736. The van der Waals surface area contributed by atoms with Gasteiger partial charge in [-0.2, -0.15) is 0 Å². The maximum absolute atomic E-state index is 13.3. The minimum absolute atomic E-state index is 0.108. The number of hydrogen-bond acceptors (Lipinski definition) is 2. The summed E-state index contributed by atoms with van der Waals surface area (Å²) in [5.74, 6) is 0.922. The third-order valence-electron chi connectivity index (χ3n) is 5.17. The molecule has 0 atom stereocenters. The van der Waals surface area contributed by atoms with Gasteiger partial charge in [-0.25, -0.2) is 0 Å². The number of anilines is 1.